The standard InChI is InChI=1S/C17H15NO6/c1-3-15(19)11-4-7-13(8-5-11)24-17(20)12-6-9-16(23-2)14(10-12)18(21)22/h4-10H,3H2,1-2H3. The Bertz CT molecular complexity index is 782. The van der Waals surface area contributed by atoms with Crippen molar-refractivity contribution >= 4 is 17.4 Å². The number of ether oxygens (including phenoxy) is 2. The molecular formula is C17H15NO6. The number of rotatable bonds is 6. The Hall–Kier alpha value is -3.22. The van der Waals surface area contributed by atoms with Crippen molar-refractivity contribution in [3.8, 4) is 11.5 Å². The maximum atomic E-state index is 12.1. The smallest absolute Gasteiger partial charge is 0.343 e. The summed E-state index contributed by atoms with van der Waals surface area (Å²) in [5, 5.41) is 11.0. The first-order valence-electron chi connectivity index (χ1n) is 7.14. The Balaban J connectivity index is 2.19. The van der Waals surface area contributed by atoms with Crippen molar-refractivity contribution in [3.05, 3.63) is 63.7 Å². The number of hydrogen-bond donors (Lipinski definition) is 0. The zero-order valence-corrected chi connectivity index (χ0v) is 13.1. The summed E-state index contributed by atoms with van der Waals surface area (Å²) in [6.45, 7) is 1.76. The molecule has 2 aromatic rings. The average Bonchev–Trinajstić information content (AvgIpc) is 2.60. The van der Waals surface area contributed by atoms with Crippen LogP contribution in [-0.4, -0.2) is 23.8 Å². The van der Waals surface area contributed by atoms with E-state index in [2.05, 4.69) is 0 Å². The number of benzene rings is 2. The second-order valence-electron chi connectivity index (χ2n) is 4.83. The summed E-state index contributed by atoms with van der Waals surface area (Å²) >= 11 is 0. The minimum atomic E-state index is -0.740. The molecule has 0 bridgehead atoms. The zero-order chi connectivity index (χ0) is 17.7. The van der Waals surface area contributed by atoms with Crippen LogP contribution >= 0.6 is 0 Å². The van der Waals surface area contributed by atoms with Crippen molar-refractivity contribution in [3.63, 3.8) is 0 Å². The van der Waals surface area contributed by atoms with Crippen LogP contribution in [0.15, 0.2) is 42.5 Å². The van der Waals surface area contributed by atoms with E-state index < -0.39 is 10.9 Å². The Morgan fingerprint density at radius 3 is 2.25 bits per heavy atom. The summed E-state index contributed by atoms with van der Waals surface area (Å²) in [6.07, 6.45) is 0.384. The lowest BCUT2D eigenvalue weighted by atomic mass is 10.1. The molecule has 0 aliphatic heterocycles. The third-order valence-electron chi connectivity index (χ3n) is 3.32. The molecule has 0 spiro atoms. The Labute approximate surface area is 138 Å². The highest BCUT2D eigenvalue weighted by atomic mass is 16.6. The van der Waals surface area contributed by atoms with Crippen LogP contribution in [0.3, 0.4) is 0 Å². The fourth-order valence-electron chi connectivity index (χ4n) is 2.04. The number of nitro benzene ring substituents is 1. The Morgan fingerprint density at radius 2 is 1.71 bits per heavy atom. The lowest BCUT2D eigenvalue weighted by molar-refractivity contribution is -0.385. The maximum absolute atomic E-state index is 12.1. The lowest BCUT2D eigenvalue weighted by Crippen LogP contribution is -2.09. The highest BCUT2D eigenvalue weighted by Crippen LogP contribution is 2.28. The van der Waals surface area contributed by atoms with E-state index in [0.29, 0.717) is 12.0 Å². The van der Waals surface area contributed by atoms with E-state index in [1.165, 1.54) is 31.4 Å². The van der Waals surface area contributed by atoms with Crippen molar-refractivity contribution in [2.45, 2.75) is 13.3 Å². The topological polar surface area (TPSA) is 95.7 Å². The Morgan fingerprint density at radius 1 is 1.08 bits per heavy atom. The van der Waals surface area contributed by atoms with Gasteiger partial charge in [0.25, 0.3) is 0 Å². The molecule has 0 atom stereocenters. The maximum Gasteiger partial charge on any atom is 0.343 e. The summed E-state index contributed by atoms with van der Waals surface area (Å²) in [5.74, 6) is -0.459. The average molecular weight is 329 g/mol. The second kappa shape index (κ2) is 7.36. The number of esters is 1. The van der Waals surface area contributed by atoms with Gasteiger partial charge in [0, 0.05) is 18.1 Å². The van der Waals surface area contributed by atoms with Gasteiger partial charge in [-0.05, 0) is 36.4 Å². The molecule has 2 aromatic carbocycles. The van der Waals surface area contributed by atoms with E-state index in [4.69, 9.17) is 9.47 Å². The van der Waals surface area contributed by atoms with Gasteiger partial charge in [0.15, 0.2) is 11.5 Å². The first-order chi connectivity index (χ1) is 11.5. The van der Waals surface area contributed by atoms with Gasteiger partial charge in [-0.3, -0.25) is 14.9 Å². The summed E-state index contributed by atoms with van der Waals surface area (Å²) < 4.78 is 10.0. The van der Waals surface area contributed by atoms with Gasteiger partial charge in [-0.1, -0.05) is 6.92 Å². The summed E-state index contributed by atoms with van der Waals surface area (Å²) in [4.78, 5) is 34.0. The number of carbonyl (C=O) groups is 2. The van der Waals surface area contributed by atoms with Crippen LogP contribution in [0.25, 0.3) is 0 Å². The van der Waals surface area contributed by atoms with Gasteiger partial charge in [-0.15, -0.1) is 0 Å². The van der Waals surface area contributed by atoms with Gasteiger partial charge in [0.05, 0.1) is 17.6 Å². The third kappa shape index (κ3) is 3.75. The van der Waals surface area contributed by atoms with Crippen LogP contribution in [0.1, 0.15) is 34.1 Å². The van der Waals surface area contributed by atoms with Crippen LogP contribution in [0, 0.1) is 10.1 Å². The summed E-state index contributed by atoms with van der Waals surface area (Å²) in [7, 11) is 1.31. The molecule has 0 saturated heterocycles. The Kier molecular flexibility index (Phi) is 5.26. The first-order valence-corrected chi connectivity index (χ1v) is 7.14. The van der Waals surface area contributed by atoms with Gasteiger partial charge < -0.3 is 9.47 Å². The van der Waals surface area contributed by atoms with Crippen molar-refractivity contribution in [1.29, 1.82) is 0 Å². The molecule has 0 amide bonds. The normalized spacial score (nSPS) is 10.1. The molecule has 2 rings (SSSR count). The van der Waals surface area contributed by atoms with Crippen molar-refractivity contribution in [1.82, 2.24) is 0 Å². The summed E-state index contributed by atoms with van der Waals surface area (Å²) in [6, 6.07) is 9.92. The molecule has 0 fully saturated rings. The minimum Gasteiger partial charge on any atom is -0.490 e. The van der Waals surface area contributed by atoms with E-state index in [-0.39, 0.29) is 28.5 Å². The monoisotopic (exact) mass is 329 g/mol. The van der Waals surface area contributed by atoms with E-state index in [1.807, 2.05) is 0 Å². The fourth-order valence-corrected chi connectivity index (χ4v) is 2.04. The number of Topliss-reactive ketones (excluding diaryl/α,β-unsaturated/α-hetero) is 1. The second-order valence-corrected chi connectivity index (χ2v) is 4.83. The number of nitro groups is 1. The molecule has 0 aromatic heterocycles. The van der Waals surface area contributed by atoms with Crippen LogP contribution in [0.2, 0.25) is 0 Å². The largest absolute Gasteiger partial charge is 0.490 e. The molecule has 124 valence electrons. The molecule has 7 heteroatoms. The molecular weight excluding hydrogens is 314 g/mol. The van der Waals surface area contributed by atoms with E-state index >= 15 is 0 Å². The van der Waals surface area contributed by atoms with Gasteiger partial charge in [0.1, 0.15) is 5.75 Å². The number of methoxy groups -OCH3 is 1. The van der Waals surface area contributed by atoms with Crippen LogP contribution in [-0.2, 0) is 0 Å². The van der Waals surface area contributed by atoms with Gasteiger partial charge in [0.2, 0.25) is 0 Å². The van der Waals surface area contributed by atoms with Crippen LogP contribution in [0.5, 0.6) is 11.5 Å². The molecule has 0 aliphatic rings. The number of ketones is 1. The highest BCUT2D eigenvalue weighted by molar-refractivity contribution is 5.96. The molecule has 0 saturated carbocycles. The number of hydrogen-bond acceptors (Lipinski definition) is 6. The van der Waals surface area contributed by atoms with E-state index in [1.54, 1.807) is 19.1 Å². The van der Waals surface area contributed by atoms with Gasteiger partial charge in [-0.2, -0.15) is 0 Å². The molecule has 24 heavy (non-hydrogen) atoms. The summed E-state index contributed by atoms with van der Waals surface area (Å²) in [5.41, 5.74) is 0.226. The van der Waals surface area contributed by atoms with Crippen molar-refractivity contribution in [2.75, 3.05) is 7.11 Å². The highest BCUT2D eigenvalue weighted by Gasteiger charge is 2.19. The van der Waals surface area contributed by atoms with Crippen molar-refractivity contribution in [2.24, 2.45) is 0 Å². The molecule has 7 nitrogen and oxygen atoms in total. The molecule has 0 N–H and O–H groups in total. The number of nitrogens with zero attached hydrogens (tertiary/aromatic N) is 1. The minimum absolute atomic E-state index is 0.0151. The van der Waals surface area contributed by atoms with Crippen LogP contribution < -0.4 is 9.47 Å². The predicted molar refractivity (Wildman–Crippen MR) is 85.7 cm³/mol. The zero-order valence-electron chi connectivity index (χ0n) is 13.1. The number of carbonyl (C=O) groups excluding carboxylic acids is 2. The molecule has 0 radical (unpaired) electrons. The SMILES string of the molecule is CCC(=O)c1ccc(OC(=O)c2ccc(OC)c([N+](=O)[O-])c2)cc1. The molecule has 0 heterocycles. The molecule has 0 unspecified atom stereocenters. The van der Waals surface area contributed by atoms with Gasteiger partial charge in [-0.25, -0.2) is 4.79 Å². The van der Waals surface area contributed by atoms with Crippen molar-refractivity contribution < 1.29 is 24.0 Å². The van der Waals surface area contributed by atoms with Crippen LogP contribution in [0.4, 0.5) is 5.69 Å². The molecule has 0 aliphatic carbocycles. The lowest BCUT2D eigenvalue weighted by Gasteiger charge is -2.06. The third-order valence-corrected chi connectivity index (χ3v) is 3.32. The quantitative estimate of drug-likeness (QED) is 0.265. The van der Waals surface area contributed by atoms with E-state index in [0.717, 1.165) is 6.07 Å². The van der Waals surface area contributed by atoms with Gasteiger partial charge >= 0.3 is 11.7 Å². The fraction of sp³-hybridized carbons (Fsp3) is 0.176. The first kappa shape index (κ1) is 17.1. The predicted octanol–water partition coefficient (Wildman–Crippen LogP) is 3.42. The van der Waals surface area contributed by atoms with E-state index in [9.17, 15) is 19.7 Å².